The highest BCUT2D eigenvalue weighted by Gasteiger charge is 2.29. The Kier molecular flexibility index (Phi) is 6.17. The van der Waals surface area contributed by atoms with Gasteiger partial charge in [-0.1, -0.05) is 18.2 Å². The Labute approximate surface area is 126 Å². The van der Waals surface area contributed by atoms with Gasteiger partial charge in [0.25, 0.3) is 0 Å². The van der Waals surface area contributed by atoms with E-state index >= 15 is 0 Å². The van der Waals surface area contributed by atoms with Crippen LogP contribution < -0.4 is 9.62 Å². The number of para-hydroxylation sites is 1. The quantitative estimate of drug-likeness (QED) is 0.814. The lowest BCUT2D eigenvalue weighted by molar-refractivity contribution is -0.122. The number of hydrogen-bond donors (Lipinski definition) is 1. The number of amides is 1. The minimum absolute atomic E-state index is 0.192. The summed E-state index contributed by atoms with van der Waals surface area (Å²) in [5.74, 6) is -0.367. The highest BCUT2D eigenvalue weighted by atomic mass is 32.2. The zero-order valence-electron chi connectivity index (χ0n) is 12.7. The van der Waals surface area contributed by atoms with E-state index in [1.54, 1.807) is 51.3 Å². The van der Waals surface area contributed by atoms with Crippen molar-refractivity contribution in [2.45, 2.75) is 25.9 Å². The number of methoxy groups -OCH3 is 1. The maximum atomic E-state index is 12.2. The molecule has 0 aliphatic rings. The summed E-state index contributed by atoms with van der Waals surface area (Å²) in [4.78, 5) is 12.2. The third-order valence-electron chi connectivity index (χ3n) is 2.90. The van der Waals surface area contributed by atoms with Crippen LogP contribution in [0, 0.1) is 0 Å². The van der Waals surface area contributed by atoms with Crippen LogP contribution >= 0.6 is 0 Å². The fourth-order valence-corrected chi connectivity index (χ4v) is 3.21. The predicted octanol–water partition coefficient (Wildman–Crippen LogP) is 0.992. The zero-order valence-corrected chi connectivity index (χ0v) is 13.6. The van der Waals surface area contributed by atoms with E-state index in [4.69, 9.17) is 4.74 Å². The van der Waals surface area contributed by atoms with Crippen molar-refractivity contribution in [2.75, 3.05) is 24.3 Å². The molecule has 1 aromatic carbocycles. The Balaban J connectivity index is 2.97. The van der Waals surface area contributed by atoms with Gasteiger partial charge in [-0.3, -0.25) is 9.10 Å². The molecule has 0 spiro atoms. The monoisotopic (exact) mass is 314 g/mol. The minimum Gasteiger partial charge on any atom is -0.383 e. The Hall–Kier alpha value is -1.60. The van der Waals surface area contributed by atoms with Gasteiger partial charge in [0.2, 0.25) is 15.9 Å². The van der Waals surface area contributed by atoms with Gasteiger partial charge in [0.1, 0.15) is 6.04 Å². The number of hydrogen-bond acceptors (Lipinski definition) is 4. The molecular weight excluding hydrogens is 292 g/mol. The van der Waals surface area contributed by atoms with Crippen LogP contribution in [0.5, 0.6) is 0 Å². The van der Waals surface area contributed by atoms with E-state index in [0.717, 1.165) is 10.6 Å². The molecule has 0 bridgehead atoms. The molecule has 0 heterocycles. The van der Waals surface area contributed by atoms with Crippen molar-refractivity contribution in [3.8, 4) is 0 Å². The van der Waals surface area contributed by atoms with E-state index < -0.39 is 16.1 Å². The number of sulfonamides is 1. The van der Waals surface area contributed by atoms with Crippen molar-refractivity contribution in [1.29, 1.82) is 0 Å². The van der Waals surface area contributed by atoms with Gasteiger partial charge in [-0.15, -0.1) is 0 Å². The lowest BCUT2D eigenvalue weighted by Crippen LogP contribution is -2.50. The van der Waals surface area contributed by atoms with Crippen molar-refractivity contribution >= 4 is 21.6 Å². The van der Waals surface area contributed by atoms with Crippen LogP contribution in [-0.4, -0.2) is 46.4 Å². The third kappa shape index (κ3) is 5.02. The van der Waals surface area contributed by atoms with Gasteiger partial charge in [-0.25, -0.2) is 8.42 Å². The summed E-state index contributed by atoms with van der Waals surface area (Å²) in [6.07, 6.45) is 1.09. The summed E-state index contributed by atoms with van der Waals surface area (Å²) in [5.41, 5.74) is 0.460. The number of ether oxygens (including phenoxy) is 1. The summed E-state index contributed by atoms with van der Waals surface area (Å²) >= 11 is 0. The van der Waals surface area contributed by atoms with Gasteiger partial charge in [0, 0.05) is 13.2 Å². The molecule has 21 heavy (non-hydrogen) atoms. The topological polar surface area (TPSA) is 75.7 Å². The van der Waals surface area contributed by atoms with Crippen LogP contribution in [0.25, 0.3) is 0 Å². The molecule has 0 fully saturated rings. The first-order valence-corrected chi connectivity index (χ1v) is 8.46. The first-order chi connectivity index (χ1) is 9.77. The molecule has 1 N–H and O–H groups in total. The maximum Gasteiger partial charge on any atom is 0.243 e. The van der Waals surface area contributed by atoms with E-state index in [2.05, 4.69) is 5.32 Å². The number of nitrogens with zero attached hydrogens (tertiary/aromatic N) is 1. The van der Waals surface area contributed by atoms with Crippen LogP contribution in [-0.2, 0) is 19.6 Å². The number of carbonyl (C=O) groups is 1. The number of anilines is 1. The standard InChI is InChI=1S/C14H22N2O4S/c1-11(10-20-3)15-14(17)12(2)16(21(4,18)19)13-8-6-5-7-9-13/h5-9,11-12H,10H2,1-4H3,(H,15,17)/t11-,12+/m1/s1. The Morgan fingerprint density at radius 1 is 1.29 bits per heavy atom. The molecule has 0 unspecified atom stereocenters. The fraction of sp³-hybridized carbons (Fsp3) is 0.500. The number of nitrogens with one attached hydrogen (secondary N) is 1. The lowest BCUT2D eigenvalue weighted by Gasteiger charge is -2.29. The second kappa shape index (κ2) is 7.42. The van der Waals surface area contributed by atoms with E-state index in [1.807, 2.05) is 0 Å². The lowest BCUT2D eigenvalue weighted by atomic mass is 10.2. The molecule has 7 heteroatoms. The zero-order chi connectivity index (χ0) is 16.0. The van der Waals surface area contributed by atoms with Gasteiger partial charge in [0.05, 0.1) is 18.6 Å². The summed E-state index contributed by atoms with van der Waals surface area (Å²) in [6.45, 7) is 3.72. The fourth-order valence-electron chi connectivity index (χ4n) is 2.04. The molecule has 0 aliphatic carbocycles. The largest absolute Gasteiger partial charge is 0.383 e. The van der Waals surface area contributed by atoms with Crippen molar-refractivity contribution in [1.82, 2.24) is 5.32 Å². The highest BCUT2D eigenvalue weighted by molar-refractivity contribution is 7.92. The van der Waals surface area contributed by atoms with E-state index in [-0.39, 0.29) is 11.9 Å². The Morgan fingerprint density at radius 2 is 1.86 bits per heavy atom. The molecule has 1 amide bonds. The highest BCUT2D eigenvalue weighted by Crippen LogP contribution is 2.20. The van der Waals surface area contributed by atoms with Gasteiger partial charge in [-0.2, -0.15) is 0 Å². The van der Waals surface area contributed by atoms with E-state index in [1.165, 1.54) is 0 Å². The Bertz CT molecular complexity index is 560. The van der Waals surface area contributed by atoms with Gasteiger partial charge < -0.3 is 10.1 Å². The van der Waals surface area contributed by atoms with E-state index in [0.29, 0.717) is 12.3 Å². The van der Waals surface area contributed by atoms with Gasteiger partial charge in [0.15, 0.2) is 0 Å². The minimum atomic E-state index is -3.57. The number of carbonyl (C=O) groups excluding carboxylic acids is 1. The number of rotatable bonds is 7. The summed E-state index contributed by atoms with van der Waals surface area (Å²) in [5, 5.41) is 2.73. The first kappa shape index (κ1) is 17.5. The molecule has 6 nitrogen and oxygen atoms in total. The van der Waals surface area contributed by atoms with Crippen LogP contribution in [0.15, 0.2) is 30.3 Å². The average Bonchev–Trinajstić information content (AvgIpc) is 2.38. The maximum absolute atomic E-state index is 12.2. The SMILES string of the molecule is COC[C@@H](C)NC(=O)[C@H](C)N(c1ccccc1)S(C)(=O)=O. The smallest absolute Gasteiger partial charge is 0.243 e. The van der Waals surface area contributed by atoms with Crippen LogP contribution in [0.4, 0.5) is 5.69 Å². The molecule has 1 aromatic rings. The summed E-state index contributed by atoms with van der Waals surface area (Å²) < 4.78 is 30.1. The molecular formula is C14H22N2O4S. The average molecular weight is 314 g/mol. The third-order valence-corrected chi connectivity index (χ3v) is 4.15. The first-order valence-electron chi connectivity index (χ1n) is 6.61. The summed E-state index contributed by atoms with van der Waals surface area (Å²) in [6, 6.07) is 7.52. The Morgan fingerprint density at radius 3 is 2.33 bits per heavy atom. The van der Waals surface area contributed by atoms with Crippen LogP contribution in [0.1, 0.15) is 13.8 Å². The molecule has 0 aliphatic heterocycles. The predicted molar refractivity (Wildman–Crippen MR) is 82.7 cm³/mol. The second-order valence-electron chi connectivity index (χ2n) is 4.94. The van der Waals surface area contributed by atoms with Crippen molar-refractivity contribution in [2.24, 2.45) is 0 Å². The molecule has 0 saturated carbocycles. The molecule has 0 saturated heterocycles. The van der Waals surface area contributed by atoms with Gasteiger partial charge in [-0.05, 0) is 26.0 Å². The number of benzene rings is 1. The van der Waals surface area contributed by atoms with Crippen molar-refractivity contribution in [3.05, 3.63) is 30.3 Å². The normalized spacial score (nSPS) is 14.3. The molecule has 1 rings (SSSR count). The molecule has 2 atom stereocenters. The molecule has 118 valence electrons. The van der Waals surface area contributed by atoms with E-state index in [9.17, 15) is 13.2 Å². The van der Waals surface area contributed by atoms with Crippen LogP contribution in [0.2, 0.25) is 0 Å². The van der Waals surface area contributed by atoms with Gasteiger partial charge >= 0.3 is 0 Å². The molecule has 0 radical (unpaired) electrons. The molecule has 0 aromatic heterocycles. The van der Waals surface area contributed by atoms with Crippen molar-refractivity contribution < 1.29 is 17.9 Å². The van der Waals surface area contributed by atoms with Crippen molar-refractivity contribution in [3.63, 3.8) is 0 Å². The van der Waals surface area contributed by atoms with Crippen LogP contribution in [0.3, 0.4) is 0 Å². The summed E-state index contributed by atoms with van der Waals surface area (Å²) in [7, 11) is -2.03. The second-order valence-corrected chi connectivity index (χ2v) is 6.79.